The van der Waals surface area contributed by atoms with Gasteiger partial charge in [0, 0.05) is 18.8 Å². The topological polar surface area (TPSA) is 38.4 Å². The van der Waals surface area contributed by atoms with E-state index in [0.29, 0.717) is 0 Å². The number of rotatable bonds is 0. The van der Waals surface area contributed by atoms with Crippen LogP contribution in [-0.4, -0.2) is 18.8 Å². The molecule has 0 aliphatic carbocycles. The van der Waals surface area contributed by atoms with Crippen molar-refractivity contribution in [2.45, 2.75) is 25.3 Å². The Morgan fingerprint density at radius 3 is 3.25 bits per heavy atom. The van der Waals surface area contributed by atoms with E-state index in [1.807, 2.05) is 6.21 Å². The molecule has 1 unspecified atom stereocenters. The fourth-order valence-corrected chi connectivity index (χ4v) is 0.868. The molecule has 0 spiro atoms. The zero-order valence-electron chi connectivity index (χ0n) is 5.01. The highest BCUT2D eigenvalue weighted by molar-refractivity contribution is 5.64. The van der Waals surface area contributed by atoms with E-state index in [4.69, 9.17) is 5.73 Å². The summed E-state index contributed by atoms with van der Waals surface area (Å²) in [6.45, 7) is 0.980. The van der Waals surface area contributed by atoms with Crippen LogP contribution in [0, 0.1) is 0 Å². The van der Waals surface area contributed by atoms with E-state index in [9.17, 15) is 0 Å². The Balaban J connectivity index is 2.33. The van der Waals surface area contributed by atoms with Crippen LogP contribution in [0.5, 0.6) is 0 Å². The second kappa shape index (κ2) is 2.82. The van der Waals surface area contributed by atoms with Crippen molar-refractivity contribution in [2.24, 2.45) is 10.7 Å². The lowest BCUT2D eigenvalue weighted by Crippen LogP contribution is -2.19. The molecule has 46 valence electrons. The molecule has 0 radical (unpaired) electrons. The van der Waals surface area contributed by atoms with Gasteiger partial charge in [-0.3, -0.25) is 4.99 Å². The van der Waals surface area contributed by atoms with Crippen LogP contribution in [0.25, 0.3) is 0 Å². The van der Waals surface area contributed by atoms with Crippen molar-refractivity contribution >= 4 is 6.21 Å². The number of nitrogens with two attached hydrogens (primary N) is 1. The zero-order valence-corrected chi connectivity index (χ0v) is 5.01. The average Bonchev–Trinajstić information content (AvgIpc) is 1.94. The van der Waals surface area contributed by atoms with Gasteiger partial charge in [0.25, 0.3) is 0 Å². The Morgan fingerprint density at radius 1 is 1.50 bits per heavy atom. The molecule has 0 bridgehead atoms. The standard InChI is InChI=1S/C6H12N2/c7-6-3-1-2-4-8-5-6/h5-6H,1-4,7H2. The summed E-state index contributed by atoms with van der Waals surface area (Å²) < 4.78 is 0. The lowest BCUT2D eigenvalue weighted by Gasteiger charge is -1.97. The second-order valence-electron chi connectivity index (χ2n) is 2.21. The van der Waals surface area contributed by atoms with Gasteiger partial charge in [-0.15, -0.1) is 0 Å². The molecule has 0 saturated heterocycles. The Morgan fingerprint density at radius 2 is 2.38 bits per heavy atom. The van der Waals surface area contributed by atoms with E-state index >= 15 is 0 Å². The molecule has 1 heterocycles. The Bertz CT molecular complexity index is 88.5. The monoisotopic (exact) mass is 112 g/mol. The third-order valence-corrected chi connectivity index (χ3v) is 1.37. The summed E-state index contributed by atoms with van der Waals surface area (Å²) in [5.41, 5.74) is 5.59. The highest BCUT2D eigenvalue weighted by Gasteiger charge is 2.00. The normalized spacial score (nSPS) is 29.9. The van der Waals surface area contributed by atoms with Crippen molar-refractivity contribution in [2.75, 3.05) is 6.54 Å². The average molecular weight is 112 g/mol. The molecular formula is C6H12N2. The van der Waals surface area contributed by atoms with Gasteiger partial charge in [0.2, 0.25) is 0 Å². The molecule has 0 aromatic heterocycles. The highest BCUT2D eigenvalue weighted by Crippen LogP contribution is 2.01. The predicted molar refractivity (Wildman–Crippen MR) is 35.2 cm³/mol. The largest absolute Gasteiger partial charge is 0.323 e. The first-order valence-corrected chi connectivity index (χ1v) is 3.15. The fourth-order valence-electron chi connectivity index (χ4n) is 0.868. The van der Waals surface area contributed by atoms with Gasteiger partial charge in [0.05, 0.1) is 0 Å². The molecule has 0 amide bonds. The first-order valence-electron chi connectivity index (χ1n) is 3.15. The quantitative estimate of drug-likeness (QED) is 0.488. The summed E-state index contributed by atoms with van der Waals surface area (Å²) in [6.07, 6.45) is 5.43. The van der Waals surface area contributed by atoms with Gasteiger partial charge in [-0.05, 0) is 19.3 Å². The van der Waals surface area contributed by atoms with E-state index in [1.54, 1.807) is 0 Å². The summed E-state index contributed by atoms with van der Waals surface area (Å²) in [5.74, 6) is 0. The van der Waals surface area contributed by atoms with Gasteiger partial charge in [-0.2, -0.15) is 0 Å². The minimum atomic E-state index is 0.234. The summed E-state index contributed by atoms with van der Waals surface area (Å²) in [7, 11) is 0. The molecule has 8 heavy (non-hydrogen) atoms. The molecule has 0 aromatic carbocycles. The summed E-state index contributed by atoms with van der Waals surface area (Å²) in [6, 6.07) is 0.234. The number of aliphatic imine (C=N–C) groups is 1. The molecule has 1 aliphatic rings. The van der Waals surface area contributed by atoms with Gasteiger partial charge >= 0.3 is 0 Å². The third kappa shape index (κ3) is 1.62. The van der Waals surface area contributed by atoms with Gasteiger partial charge in [0.15, 0.2) is 0 Å². The van der Waals surface area contributed by atoms with Crippen molar-refractivity contribution < 1.29 is 0 Å². The van der Waals surface area contributed by atoms with Crippen molar-refractivity contribution in [3.63, 3.8) is 0 Å². The van der Waals surface area contributed by atoms with Crippen molar-refractivity contribution in [1.29, 1.82) is 0 Å². The van der Waals surface area contributed by atoms with Gasteiger partial charge in [-0.1, -0.05) is 0 Å². The maximum atomic E-state index is 5.59. The van der Waals surface area contributed by atoms with E-state index in [-0.39, 0.29) is 6.04 Å². The van der Waals surface area contributed by atoms with Crippen LogP contribution in [0.2, 0.25) is 0 Å². The molecule has 2 heteroatoms. The molecule has 2 nitrogen and oxygen atoms in total. The van der Waals surface area contributed by atoms with Crippen LogP contribution < -0.4 is 5.73 Å². The SMILES string of the molecule is NC1C=NCCCC1. The molecule has 0 fully saturated rings. The Hall–Kier alpha value is -0.370. The Kier molecular flexibility index (Phi) is 2.03. The van der Waals surface area contributed by atoms with E-state index < -0.39 is 0 Å². The Labute approximate surface area is 49.8 Å². The maximum Gasteiger partial charge on any atom is 0.0395 e. The van der Waals surface area contributed by atoms with E-state index in [1.165, 1.54) is 12.8 Å². The lowest BCUT2D eigenvalue weighted by atomic mass is 10.2. The van der Waals surface area contributed by atoms with Crippen molar-refractivity contribution in [3.8, 4) is 0 Å². The van der Waals surface area contributed by atoms with Crippen LogP contribution in [0.3, 0.4) is 0 Å². The smallest absolute Gasteiger partial charge is 0.0395 e. The molecular weight excluding hydrogens is 100 g/mol. The van der Waals surface area contributed by atoms with Gasteiger partial charge in [-0.25, -0.2) is 0 Å². The molecule has 0 saturated carbocycles. The fraction of sp³-hybridized carbons (Fsp3) is 0.833. The maximum absolute atomic E-state index is 5.59. The van der Waals surface area contributed by atoms with Crippen molar-refractivity contribution in [1.82, 2.24) is 0 Å². The second-order valence-corrected chi connectivity index (χ2v) is 2.21. The lowest BCUT2D eigenvalue weighted by molar-refractivity contribution is 0.682. The minimum Gasteiger partial charge on any atom is -0.323 e. The number of hydrogen-bond acceptors (Lipinski definition) is 2. The number of nitrogens with zero attached hydrogens (tertiary/aromatic N) is 1. The molecule has 2 N–H and O–H groups in total. The predicted octanol–water partition coefficient (Wildman–Crippen LogP) is 0.568. The van der Waals surface area contributed by atoms with Crippen molar-refractivity contribution in [3.05, 3.63) is 0 Å². The van der Waals surface area contributed by atoms with E-state index in [0.717, 1.165) is 13.0 Å². The summed E-state index contributed by atoms with van der Waals surface area (Å²) in [4.78, 5) is 4.10. The van der Waals surface area contributed by atoms with Crippen LogP contribution in [0.1, 0.15) is 19.3 Å². The zero-order chi connectivity index (χ0) is 5.82. The first kappa shape index (κ1) is 5.76. The van der Waals surface area contributed by atoms with Crippen LogP contribution in [-0.2, 0) is 0 Å². The van der Waals surface area contributed by atoms with E-state index in [2.05, 4.69) is 4.99 Å². The van der Waals surface area contributed by atoms with Gasteiger partial charge in [0.1, 0.15) is 0 Å². The third-order valence-electron chi connectivity index (χ3n) is 1.37. The molecule has 1 rings (SSSR count). The molecule has 0 aromatic rings. The number of hydrogen-bond donors (Lipinski definition) is 1. The van der Waals surface area contributed by atoms with Crippen LogP contribution in [0.4, 0.5) is 0 Å². The van der Waals surface area contributed by atoms with Crippen LogP contribution >= 0.6 is 0 Å². The summed E-state index contributed by atoms with van der Waals surface area (Å²) in [5, 5.41) is 0. The molecule has 1 aliphatic heterocycles. The van der Waals surface area contributed by atoms with Crippen LogP contribution in [0.15, 0.2) is 4.99 Å². The first-order chi connectivity index (χ1) is 3.89. The highest BCUT2D eigenvalue weighted by atomic mass is 14.8. The minimum absolute atomic E-state index is 0.234. The molecule has 1 atom stereocenters. The summed E-state index contributed by atoms with van der Waals surface area (Å²) >= 11 is 0. The van der Waals surface area contributed by atoms with Gasteiger partial charge < -0.3 is 5.73 Å².